The third-order valence-corrected chi connectivity index (χ3v) is 7.65. The van der Waals surface area contributed by atoms with E-state index in [4.69, 9.17) is 11.6 Å². The monoisotopic (exact) mass is 463 g/mol. The number of anilines is 1. The predicted molar refractivity (Wildman–Crippen MR) is 121 cm³/mol. The maximum atomic E-state index is 12.9. The van der Waals surface area contributed by atoms with E-state index in [2.05, 4.69) is 30.5 Å². The van der Waals surface area contributed by atoms with Gasteiger partial charge in [0.15, 0.2) is 5.13 Å². The highest BCUT2D eigenvalue weighted by Gasteiger charge is 2.37. The van der Waals surface area contributed by atoms with Crippen molar-refractivity contribution >= 4 is 54.8 Å². The average molecular weight is 464 g/mol. The topological polar surface area (TPSA) is 79.4 Å². The fourth-order valence-corrected chi connectivity index (χ4v) is 5.85. The smallest absolute Gasteiger partial charge is 0.247 e. The Labute approximate surface area is 184 Å². The Morgan fingerprint density at radius 1 is 1.17 bits per heavy atom. The van der Waals surface area contributed by atoms with Crippen LogP contribution in [0.15, 0.2) is 46.7 Å². The Morgan fingerprint density at radius 3 is 2.57 bits per heavy atom. The van der Waals surface area contributed by atoms with Crippen molar-refractivity contribution in [2.24, 2.45) is 0 Å². The van der Waals surface area contributed by atoms with Crippen molar-refractivity contribution in [1.82, 2.24) is 9.71 Å². The van der Waals surface area contributed by atoms with Crippen LogP contribution in [0.5, 0.6) is 0 Å². The summed E-state index contributed by atoms with van der Waals surface area (Å²) in [5.41, 5.74) is 0.800. The minimum atomic E-state index is -3.85. The molecule has 1 amide bonds. The first-order valence-corrected chi connectivity index (χ1v) is 12.3. The molecular weight excluding hydrogens is 442 g/mol. The number of amides is 1. The lowest BCUT2D eigenvalue weighted by Crippen LogP contribution is -2.41. The summed E-state index contributed by atoms with van der Waals surface area (Å²) in [5, 5.41) is 4.75. The number of hydrogen-bond acceptors (Lipinski definition) is 5. The molecular formula is C21H22ClN3O3S2. The molecule has 0 aliphatic carbocycles. The molecule has 0 radical (unpaired) electrons. The number of aromatic nitrogens is 1. The van der Waals surface area contributed by atoms with E-state index in [9.17, 15) is 13.2 Å². The predicted octanol–water partition coefficient (Wildman–Crippen LogP) is 4.33. The summed E-state index contributed by atoms with van der Waals surface area (Å²) in [5.74, 6) is -0.277. The van der Waals surface area contributed by atoms with Gasteiger partial charge in [-0.1, -0.05) is 44.5 Å². The van der Waals surface area contributed by atoms with Gasteiger partial charge < -0.3 is 0 Å². The van der Waals surface area contributed by atoms with Crippen LogP contribution in [-0.2, 0) is 20.2 Å². The van der Waals surface area contributed by atoms with Gasteiger partial charge in [-0.25, -0.2) is 13.4 Å². The van der Waals surface area contributed by atoms with E-state index in [-0.39, 0.29) is 16.2 Å². The molecule has 2 aromatic carbocycles. The lowest BCUT2D eigenvalue weighted by molar-refractivity contribution is -0.118. The Morgan fingerprint density at radius 2 is 1.87 bits per heavy atom. The first-order chi connectivity index (χ1) is 14.0. The van der Waals surface area contributed by atoms with Crippen LogP contribution in [0, 0.1) is 0 Å². The number of sulfonamides is 1. The lowest BCUT2D eigenvalue weighted by atomic mass is 9.93. The minimum absolute atomic E-state index is 0.112. The molecule has 1 fully saturated rings. The van der Waals surface area contributed by atoms with E-state index in [1.165, 1.54) is 17.4 Å². The van der Waals surface area contributed by atoms with Crippen LogP contribution >= 0.6 is 22.9 Å². The molecule has 3 aromatic rings. The highest BCUT2D eigenvalue weighted by Crippen LogP contribution is 2.31. The third-order valence-electron chi connectivity index (χ3n) is 5.08. The number of nitrogens with zero attached hydrogens (tertiary/aromatic N) is 2. The zero-order valence-corrected chi connectivity index (χ0v) is 19.2. The van der Waals surface area contributed by atoms with Crippen LogP contribution in [-0.4, -0.2) is 31.9 Å². The second-order valence-corrected chi connectivity index (χ2v) is 11.4. The van der Waals surface area contributed by atoms with Gasteiger partial charge in [0, 0.05) is 22.4 Å². The molecule has 6 nitrogen and oxygen atoms in total. The Kier molecular flexibility index (Phi) is 5.38. The average Bonchev–Trinajstić information content (AvgIpc) is 3.28. The van der Waals surface area contributed by atoms with E-state index in [0.29, 0.717) is 23.1 Å². The molecule has 1 aliphatic rings. The fourth-order valence-electron chi connectivity index (χ4n) is 3.33. The molecule has 2 heterocycles. The van der Waals surface area contributed by atoms with Crippen LogP contribution in [0.3, 0.4) is 0 Å². The van der Waals surface area contributed by atoms with Crippen LogP contribution in [0.25, 0.3) is 10.8 Å². The summed E-state index contributed by atoms with van der Waals surface area (Å²) >= 11 is 7.39. The molecule has 1 N–H and O–H groups in total. The van der Waals surface area contributed by atoms with Crippen molar-refractivity contribution in [3.8, 4) is 0 Å². The van der Waals surface area contributed by atoms with Crippen LogP contribution < -0.4 is 9.62 Å². The van der Waals surface area contributed by atoms with Crippen LogP contribution in [0.4, 0.5) is 5.13 Å². The number of nitrogens with one attached hydrogen (secondary N) is 1. The van der Waals surface area contributed by atoms with Gasteiger partial charge in [-0.3, -0.25) is 9.69 Å². The van der Waals surface area contributed by atoms with Crippen molar-refractivity contribution < 1.29 is 13.2 Å². The van der Waals surface area contributed by atoms with Gasteiger partial charge in [0.05, 0.1) is 10.6 Å². The van der Waals surface area contributed by atoms with E-state index >= 15 is 0 Å². The molecule has 1 aromatic heterocycles. The van der Waals surface area contributed by atoms with Gasteiger partial charge in [0.1, 0.15) is 6.04 Å². The first-order valence-electron chi connectivity index (χ1n) is 9.54. The van der Waals surface area contributed by atoms with Crippen LogP contribution in [0.1, 0.15) is 32.9 Å². The van der Waals surface area contributed by atoms with Crippen molar-refractivity contribution in [3.63, 3.8) is 0 Å². The number of rotatable bonds is 4. The van der Waals surface area contributed by atoms with Crippen LogP contribution in [0.2, 0.25) is 5.02 Å². The van der Waals surface area contributed by atoms with Gasteiger partial charge in [-0.05, 0) is 41.5 Å². The first kappa shape index (κ1) is 21.2. The molecule has 0 bridgehead atoms. The minimum Gasteiger partial charge on any atom is -0.287 e. The Bertz CT molecular complexity index is 1230. The van der Waals surface area contributed by atoms with E-state index < -0.39 is 16.1 Å². The van der Waals surface area contributed by atoms with Crippen molar-refractivity contribution in [1.29, 1.82) is 0 Å². The van der Waals surface area contributed by atoms with Gasteiger partial charge >= 0.3 is 0 Å². The second kappa shape index (κ2) is 7.60. The van der Waals surface area contributed by atoms with Crippen molar-refractivity contribution in [3.05, 3.63) is 52.5 Å². The fraction of sp³-hybridized carbons (Fsp3) is 0.333. The molecule has 0 unspecified atom stereocenters. The standard InChI is InChI=1S/C21H22ClN3O3S2/c1-21(2,3)18-12-29-20(23-18)25-9-8-17(19(25)26)24-30(27,28)16-7-5-13-10-15(22)6-4-14(13)11-16/h4-7,10-12,17,24H,8-9H2,1-3H3/t17-/m0/s1. The Balaban J connectivity index is 1.53. The number of hydrogen-bond donors (Lipinski definition) is 1. The second-order valence-electron chi connectivity index (χ2n) is 8.37. The molecule has 158 valence electrons. The normalized spacial score (nSPS) is 17.8. The quantitative estimate of drug-likeness (QED) is 0.624. The van der Waals surface area contributed by atoms with Gasteiger partial charge in [0.25, 0.3) is 0 Å². The van der Waals surface area contributed by atoms with Crippen molar-refractivity contribution in [2.45, 2.75) is 43.5 Å². The maximum absolute atomic E-state index is 12.9. The number of fused-ring (bicyclic) bond motifs is 1. The largest absolute Gasteiger partial charge is 0.287 e. The van der Waals surface area contributed by atoms with Gasteiger partial charge in [0.2, 0.25) is 15.9 Å². The van der Waals surface area contributed by atoms with Gasteiger partial charge in [-0.15, -0.1) is 11.3 Å². The molecule has 4 rings (SSSR count). The number of thiazole rings is 1. The summed E-state index contributed by atoms with van der Waals surface area (Å²) in [6.45, 7) is 6.61. The summed E-state index contributed by atoms with van der Waals surface area (Å²) in [7, 11) is -3.85. The highest BCUT2D eigenvalue weighted by molar-refractivity contribution is 7.89. The Hall–Kier alpha value is -2.00. The SMILES string of the molecule is CC(C)(C)c1csc(N2CC[C@H](NS(=O)(=O)c3ccc4cc(Cl)ccc4c3)C2=O)n1. The number of carbonyl (C=O) groups is 1. The molecule has 30 heavy (non-hydrogen) atoms. The molecule has 1 saturated heterocycles. The molecule has 1 aliphatic heterocycles. The molecule has 1 atom stereocenters. The highest BCUT2D eigenvalue weighted by atomic mass is 35.5. The number of benzene rings is 2. The van der Waals surface area contributed by atoms with Gasteiger partial charge in [-0.2, -0.15) is 4.72 Å². The van der Waals surface area contributed by atoms with E-state index in [1.807, 2.05) is 5.38 Å². The summed E-state index contributed by atoms with van der Waals surface area (Å²) in [6, 6.07) is 9.27. The third kappa shape index (κ3) is 4.09. The van der Waals surface area contributed by atoms with E-state index in [1.54, 1.807) is 35.2 Å². The van der Waals surface area contributed by atoms with E-state index in [0.717, 1.165) is 16.5 Å². The molecule has 9 heteroatoms. The molecule has 0 spiro atoms. The maximum Gasteiger partial charge on any atom is 0.247 e. The summed E-state index contributed by atoms with van der Waals surface area (Å²) < 4.78 is 28.4. The lowest BCUT2D eigenvalue weighted by Gasteiger charge is -2.16. The summed E-state index contributed by atoms with van der Waals surface area (Å²) in [4.78, 5) is 19.1. The summed E-state index contributed by atoms with van der Waals surface area (Å²) in [6.07, 6.45) is 0.395. The number of halogens is 1. The zero-order chi connectivity index (χ0) is 21.7. The zero-order valence-electron chi connectivity index (χ0n) is 16.8. The molecule has 0 saturated carbocycles. The number of carbonyl (C=O) groups excluding carboxylic acids is 1. The van der Waals surface area contributed by atoms with Crippen molar-refractivity contribution in [2.75, 3.05) is 11.4 Å².